The van der Waals surface area contributed by atoms with Crippen molar-refractivity contribution in [1.29, 1.82) is 0 Å². The summed E-state index contributed by atoms with van der Waals surface area (Å²) < 4.78 is 6.06. The van der Waals surface area contributed by atoms with Gasteiger partial charge in [-0.1, -0.05) is 24.6 Å². The van der Waals surface area contributed by atoms with Crippen molar-refractivity contribution in [3.05, 3.63) is 35.5 Å². The van der Waals surface area contributed by atoms with Crippen molar-refractivity contribution in [3.8, 4) is 0 Å². The van der Waals surface area contributed by atoms with Crippen LogP contribution in [0.1, 0.15) is 50.3 Å². The summed E-state index contributed by atoms with van der Waals surface area (Å²) in [6.45, 7) is 2.97. The molecule has 1 saturated carbocycles. The quantitative estimate of drug-likeness (QED) is 0.796. The smallest absolute Gasteiger partial charge is 0.411 e. The Bertz CT molecular complexity index is 803. The fourth-order valence-corrected chi connectivity index (χ4v) is 5.24. The third-order valence-electron chi connectivity index (χ3n) is 6.48. The number of carbonyl (C=O) groups excluding carboxylic acids is 1. The van der Waals surface area contributed by atoms with E-state index in [0.29, 0.717) is 0 Å². The Labute approximate surface area is 135 Å². The first-order valence-electron chi connectivity index (χ1n) is 8.76. The minimum atomic E-state index is -0.364. The maximum atomic E-state index is 12.6. The lowest BCUT2D eigenvalue weighted by Gasteiger charge is -2.47. The third-order valence-corrected chi connectivity index (χ3v) is 6.48. The highest BCUT2D eigenvalue weighted by Gasteiger charge is 2.65. The van der Waals surface area contributed by atoms with Gasteiger partial charge in [0.2, 0.25) is 0 Å². The second-order valence-corrected chi connectivity index (χ2v) is 7.42. The van der Waals surface area contributed by atoms with Crippen molar-refractivity contribution in [2.75, 3.05) is 6.54 Å². The molecule has 3 aliphatic rings. The average molecular weight is 310 g/mol. The SMILES string of the molecule is C[C@@]12c3[nH]c4ccccc4c3CCN1C(=O)OC21CCCCC1. The molecule has 1 aromatic carbocycles. The lowest BCUT2D eigenvalue weighted by atomic mass is 9.67. The molecular formula is C19H22N2O2. The Morgan fingerprint density at radius 2 is 1.96 bits per heavy atom. The Hall–Kier alpha value is -1.97. The number of nitrogens with zero attached hydrogens (tertiary/aromatic N) is 1. The van der Waals surface area contributed by atoms with Crippen LogP contribution in [-0.4, -0.2) is 28.1 Å². The van der Waals surface area contributed by atoms with Gasteiger partial charge in [0.1, 0.15) is 11.1 Å². The molecule has 2 aliphatic heterocycles. The van der Waals surface area contributed by atoms with E-state index in [9.17, 15) is 4.79 Å². The van der Waals surface area contributed by atoms with Crippen LogP contribution in [0.2, 0.25) is 0 Å². The average Bonchev–Trinajstić information content (AvgIpc) is 3.04. The van der Waals surface area contributed by atoms with Gasteiger partial charge in [-0.05, 0) is 50.7 Å². The number of ether oxygens (including phenoxy) is 1. The van der Waals surface area contributed by atoms with Crippen LogP contribution in [0.5, 0.6) is 0 Å². The van der Waals surface area contributed by atoms with Gasteiger partial charge in [0, 0.05) is 23.1 Å². The lowest BCUT2D eigenvalue weighted by Crippen LogP contribution is -2.57. The summed E-state index contributed by atoms with van der Waals surface area (Å²) in [5.41, 5.74) is 3.03. The van der Waals surface area contributed by atoms with Gasteiger partial charge in [-0.15, -0.1) is 0 Å². The summed E-state index contributed by atoms with van der Waals surface area (Å²) in [5.74, 6) is 0. The molecule has 1 saturated heterocycles. The van der Waals surface area contributed by atoms with Crippen LogP contribution in [0.3, 0.4) is 0 Å². The van der Waals surface area contributed by atoms with Crippen molar-refractivity contribution in [1.82, 2.24) is 9.88 Å². The molecule has 3 heterocycles. The first-order valence-corrected chi connectivity index (χ1v) is 8.76. The molecule has 1 amide bonds. The highest BCUT2D eigenvalue weighted by atomic mass is 16.6. The van der Waals surface area contributed by atoms with E-state index in [4.69, 9.17) is 4.74 Å². The van der Waals surface area contributed by atoms with Crippen molar-refractivity contribution >= 4 is 17.0 Å². The maximum absolute atomic E-state index is 12.6. The number of aromatic nitrogens is 1. The monoisotopic (exact) mass is 310 g/mol. The molecule has 1 atom stereocenters. The van der Waals surface area contributed by atoms with Gasteiger partial charge in [0.25, 0.3) is 0 Å². The number of hydrogen-bond acceptors (Lipinski definition) is 2. The molecule has 120 valence electrons. The predicted octanol–water partition coefficient (Wildman–Crippen LogP) is 4.09. The van der Waals surface area contributed by atoms with E-state index in [1.165, 1.54) is 28.6 Å². The zero-order valence-electron chi connectivity index (χ0n) is 13.5. The highest BCUT2D eigenvalue weighted by molar-refractivity contribution is 5.87. The van der Waals surface area contributed by atoms with E-state index in [-0.39, 0.29) is 17.2 Å². The molecule has 1 N–H and O–H groups in total. The molecular weight excluding hydrogens is 288 g/mol. The molecule has 2 fully saturated rings. The van der Waals surface area contributed by atoms with Gasteiger partial charge in [-0.25, -0.2) is 4.79 Å². The third kappa shape index (κ3) is 1.49. The number of benzene rings is 1. The molecule has 1 aromatic heterocycles. The fraction of sp³-hybridized carbons (Fsp3) is 0.526. The van der Waals surface area contributed by atoms with E-state index in [1.807, 2.05) is 4.90 Å². The largest absolute Gasteiger partial charge is 0.440 e. The normalized spacial score (nSPS) is 28.7. The molecule has 4 nitrogen and oxygen atoms in total. The minimum absolute atomic E-state index is 0.126. The van der Waals surface area contributed by atoms with Crippen LogP contribution in [0, 0.1) is 0 Å². The number of rotatable bonds is 0. The molecule has 1 spiro atoms. The Morgan fingerprint density at radius 1 is 1.17 bits per heavy atom. The summed E-state index contributed by atoms with van der Waals surface area (Å²) in [6, 6.07) is 8.48. The molecule has 0 unspecified atom stereocenters. The van der Waals surface area contributed by atoms with E-state index in [1.54, 1.807) is 0 Å². The number of amides is 1. The van der Waals surface area contributed by atoms with Gasteiger partial charge in [-0.2, -0.15) is 0 Å². The first kappa shape index (κ1) is 13.5. The van der Waals surface area contributed by atoms with Gasteiger partial charge >= 0.3 is 6.09 Å². The van der Waals surface area contributed by atoms with Gasteiger partial charge in [-0.3, -0.25) is 4.90 Å². The van der Waals surface area contributed by atoms with Gasteiger partial charge in [0.05, 0.1) is 0 Å². The van der Waals surface area contributed by atoms with E-state index >= 15 is 0 Å². The summed E-state index contributed by atoms with van der Waals surface area (Å²) in [4.78, 5) is 18.2. The maximum Gasteiger partial charge on any atom is 0.411 e. The molecule has 2 aromatic rings. The summed E-state index contributed by atoms with van der Waals surface area (Å²) >= 11 is 0. The summed E-state index contributed by atoms with van der Waals surface area (Å²) in [6.07, 6.45) is 6.26. The molecule has 0 radical (unpaired) electrons. The van der Waals surface area contributed by atoms with E-state index < -0.39 is 0 Å². The van der Waals surface area contributed by atoms with E-state index in [2.05, 4.69) is 36.2 Å². The van der Waals surface area contributed by atoms with Crippen LogP contribution >= 0.6 is 0 Å². The molecule has 4 heteroatoms. The number of H-pyrrole nitrogens is 1. The number of aromatic amines is 1. The molecule has 0 bridgehead atoms. The Balaban J connectivity index is 1.77. The van der Waals surface area contributed by atoms with Crippen LogP contribution < -0.4 is 0 Å². The van der Waals surface area contributed by atoms with Crippen LogP contribution in [0.4, 0.5) is 4.79 Å². The van der Waals surface area contributed by atoms with Crippen LogP contribution in [-0.2, 0) is 16.7 Å². The summed E-state index contributed by atoms with van der Waals surface area (Å²) in [7, 11) is 0. The van der Waals surface area contributed by atoms with Crippen LogP contribution in [0.25, 0.3) is 10.9 Å². The first-order chi connectivity index (χ1) is 11.2. The standard InChI is InChI=1S/C19H22N2O2/c1-18-16-14(13-7-3-4-8-15(13)20-16)9-12-21(18)17(22)23-19(18)10-5-2-6-11-19/h3-4,7-8,20H,2,5-6,9-12H2,1H3/t18-/m0/s1. The second kappa shape index (κ2) is 4.31. The molecule has 23 heavy (non-hydrogen) atoms. The zero-order valence-corrected chi connectivity index (χ0v) is 13.5. The van der Waals surface area contributed by atoms with Crippen molar-refractivity contribution in [2.45, 2.75) is 56.6 Å². The number of nitrogens with one attached hydrogen (secondary N) is 1. The van der Waals surface area contributed by atoms with Gasteiger partial charge < -0.3 is 9.72 Å². The molecule has 5 rings (SSSR count). The lowest BCUT2D eigenvalue weighted by molar-refractivity contribution is -0.0451. The van der Waals surface area contributed by atoms with Crippen molar-refractivity contribution < 1.29 is 9.53 Å². The number of fused-ring (bicyclic) bond motifs is 6. The van der Waals surface area contributed by atoms with E-state index in [0.717, 1.165) is 38.6 Å². The zero-order chi connectivity index (χ0) is 15.7. The summed E-state index contributed by atoms with van der Waals surface area (Å²) in [5, 5.41) is 1.30. The van der Waals surface area contributed by atoms with Crippen LogP contribution in [0.15, 0.2) is 24.3 Å². The Morgan fingerprint density at radius 3 is 2.78 bits per heavy atom. The highest BCUT2D eigenvalue weighted by Crippen LogP contribution is 2.56. The van der Waals surface area contributed by atoms with Crippen molar-refractivity contribution in [2.24, 2.45) is 0 Å². The minimum Gasteiger partial charge on any atom is -0.440 e. The molecule has 1 aliphatic carbocycles. The Kier molecular flexibility index (Phi) is 2.52. The predicted molar refractivity (Wildman–Crippen MR) is 88.4 cm³/mol. The second-order valence-electron chi connectivity index (χ2n) is 7.42. The fourth-order valence-electron chi connectivity index (χ4n) is 5.24. The number of carbonyl (C=O) groups is 1. The number of hydrogen-bond donors (Lipinski definition) is 1. The topological polar surface area (TPSA) is 45.3 Å². The van der Waals surface area contributed by atoms with Gasteiger partial charge in [0.15, 0.2) is 0 Å². The number of para-hydroxylation sites is 1. The van der Waals surface area contributed by atoms with Crippen molar-refractivity contribution in [3.63, 3.8) is 0 Å².